The van der Waals surface area contributed by atoms with Crippen molar-refractivity contribution in [3.63, 3.8) is 0 Å². The van der Waals surface area contributed by atoms with Crippen LogP contribution >= 0.6 is 0 Å². The fourth-order valence-corrected chi connectivity index (χ4v) is 1.86. The fourth-order valence-electron chi connectivity index (χ4n) is 1.86. The highest BCUT2D eigenvalue weighted by atomic mass is 19.1. The average molecular weight is 350 g/mol. The minimum atomic E-state index is -1.10. The quantitative estimate of drug-likeness (QED) is 0.618. The molecule has 0 aromatic heterocycles. The SMILES string of the molecule is COc1ccc(OCCNC(=O)C(=O)Nc2cc(F)ccc2F)cc1. The van der Waals surface area contributed by atoms with Crippen molar-refractivity contribution in [2.45, 2.75) is 0 Å². The second-order valence-electron chi connectivity index (χ2n) is 4.86. The summed E-state index contributed by atoms with van der Waals surface area (Å²) >= 11 is 0. The van der Waals surface area contributed by atoms with Crippen LogP contribution in [0.5, 0.6) is 11.5 Å². The number of benzene rings is 2. The van der Waals surface area contributed by atoms with E-state index in [-0.39, 0.29) is 13.2 Å². The second-order valence-corrected chi connectivity index (χ2v) is 4.86. The van der Waals surface area contributed by atoms with Crippen LogP contribution in [-0.2, 0) is 9.59 Å². The van der Waals surface area contributed by atoms with Gasteiger partial charge in [0.05, 0.1) is 19.3 Å². The molecule has 0 aliphatic heterocycles. The summed E-state index contributed by atoms with van der Waals surface area (Å²) in [7, 11) is 1.55. The largest absolute Gasteiger partial charge is 0.497 e. The Kier molecular flexibility index (Phi) is 6.27. The van der Waals surface area contributed by atoms with Crippen LogP contribution in [0.25, 0.3) is 0 Å². The highest BCUT2D eigenvalue weighted by Gasteiger charge is 2.15. The van der Waals surface area contributed by atoms with Crippen LogP contribution in [0.2, 0.25) is 0 Å². The Morgan fingerprint density at radius 3 is 2.36 bits per heavy atom. The molecule has 2 aromatic rings. The van der Waals surface area contributed by atoms with Gasteiger partial charge in [-0.05, 0) is 36.4 Å². The van der Waals surface area contributed by atoms with E-state index in [1.54, 1.807) is 31.4 Å². The van der Waals surface area contributed by atoms with Gasteiger partial charge in [-0.1, -0.05) is 0 Å². The van der Waals surface area contributed by atoms with Crippen molar-refractivity contribution in [2.24, 2.45) is 0 Å². The Bertz CT molecular complexity index is 751. The summed E-state index contributed by atoms with van der Waals surface area (Å²) in [5.74, 6) is -2.41. The summed E-state index contributed by atoms with van der Waals surface area (Å²) in [6.07, 6.45) is 0. The Labute approximate surface area is 142 Å². The standard InChI is InChI=1S/C17H16F2N2O4/c1-24-12-3-5-13(6-4-12)25-9-8-20-16(22)17(23)21-15-10-11(18)2-7-14(15)19/h2-7,10H,8-9H2,1H3,(H,20,22)(H,21,23). The molecule has 2 rings (SSSR count). The fraction of sp³-hybridized carbons (Fsp3) is 0.176. The van der Waals surface area contributed by atoms with Crippen LogP contribution in [0.3, 0.4) is 0 Å². The number of amides is 2. The molecular weight excluding hydrogens is 334 g/mol. The van der Waals surface area contributed by atoms with Crippen LogP contribution in [-0.4, -0.2) is 32.1 Å². The van der Waals surface area contributed by atoms with E-state index in [4.69, 9.17) is 9.47 Å². The molecule has 0 aliphatic rings. The lowest BCUT2D eigenvalue weighted by Crippen LogP contribution is -2.37. The van der Waals surface area contributed by atoms with E-state index in [1.807, 2.05) is 5.32 Å². The Morgan fingerprint density at radius 1 is 1.00 bits per heavy atom. The van der Waals surface area contributed by atoms with Gasteiger partial charge < -0.3 is 20.1 Å². The number of hydrogen-bond donors (Lipinski definition) is 2. The molecule has 0 saturated heterocycles. The van der Waals surface area contributed by atoms with E-state index in [0.717, 1.165) is 18.2 Å². The molecular formula is C17H16F2N2O4. The molecule has 132 valence electrons. The molecule has 2 amide bonds. The second kappa shape index (κ2) is 8.62. The zero-order valence-corrected chi connectivity index (χ0v) is 13.3. The lowest BCUT2D eigenvalue weighted by Gasteiger charge is -2.09. The van der Waals surface area contributed by atoms with Gasteiger partial charge in [0.15, 0.2) is 0 Å². The number of rotatable bonds is 6. The van der Waals surface area contributed by atoms with E-state index in [0.29, 0.717) is 11.5 Å². The van der Waals surface area contributed by atoms with E-state index in [2.05, 4.69) is 5.32 Å². The highest BCUT2D eigenvalue weighted by Crippen LogP contribution is 2.17. The third-order valence-corrected chi connectivity index (χ3v) is 3.10. The Hall–Kier alpha value is -3.16. The van der Waals surface area contributed by atoms with Gasteiger partial charge in [0.25, 0.3) is 0 Å². The first kappa shape index (κ1) is 18.2. The average Bonchev–Trinajstić information content (AvgIpc) is 2.62. The minimum absolute atomic E-state index is 0.0594. The lowest BCUT2D eigenvalue weighted by molar-refractivity contribution is -0.136. The van der Waals surface area contributed by atoms with Crippen LogP contribution in [0.15, 0.2) is 42.5 Å². The van der Waals surface area contributed by atoms with Crippen LogP contribution in [0, 0.1) is 11.6 Å². The molecule has 0 bridgehead atoms. The van der Waals surface area contributed by atoms with Crippen LogP contribution in [0.4, 0.5) is 14.5 Å². The third kappa shape index (κ3) is 5.45. The van der Waals surface area contributed by atoms with Gasteiger partial charge in [-0.25, -0.2) is 8.78 Å². The number of halogens is 2. The molecule has 0 spiro atoms. The zero-order valence-electron chi connectivity index (χ0n) is 13.3. The molecule has 0 saturated carbocycles. The maximum absolute atomic E-state index is 13.4. The van der Waals surface area contributed by atoms with E-state index in [1.165, 1.54) is 0 Å². The molecule has 0 fully saturated rings. The molecule has 6 nitrogen and oxygen atoms in total. The van der Waals surface area contributed by atoms with E-state index >= 15 is 0 Å². The topological polar surface area (TPSA) is 76.7 Å². The first-order valence-corrected chi connectivity index (χ1v) is 7.30. The van der Waals surface area contributed by atoms with Gasteiger partial charge in [-0.15, -0.1) is 0 Å². The van der Waals surface area contributed by atoms with Crippen molar-refractivity contribution >= 4 is 17.5 Å². The lowest BCUT2D eigenvalue weighted by atomic mass is 10.3. The number of hydrogen-bond acceptors (Lipinski definition) is 4. The van der Waals surface area contributed by atoms with Gasteiger partial charge in [0.1, 0.15) is 29.7 Å². The molecule has 2 aromatic carbocycles. The number of nitrogens with one attached hydrogen (secondary N) is 2. The number of methoxy groups -OCH3 is 1. The summed E-state index contributed by atoms with van der Waals surface area (Å²) in [5.41, 5.74) is -0.408. The monoisotopic (exact) mass is 350 g/mol. The summed E-state index contributed by atoms with van der Waals surface area (Å²) < 4.78 is 36.8. The first-order valence-electron chi connectivity index (χ1n) is 7.30. The summed E-state index contributed by atoms with van der Waals surface area (Å²) in [5, 5.41) is 4.31. The minimum Gasteiger partial charge on any atom is -0.497 e. The zero-order chi connectivity index (χ0) is 18.2. The third-order valence-electron chi connectivity index (χ3n) is 3.10. The van der Waals surface area contributed by atoms with Gasteiger partial charge >= 0.3 is 11.8 Å². The smallest absolute Gasteiger partial charge is 0.313 e. The van der Waals surface area contributed by atoms with Crippen LogP contribution < -0.4 is 20.1 Å². The Morgan fingerprint density at radius 2 is 1.68 bits per heavy atom. The van der Waals surface area contributed by atoms with Gasteiger partial charge in [-0.2, -0.15) is 0 Å². The van der Waals surface area contributed by atoms with E-state index < -0.39 is 29.1 Å². The van der Waals surface area contributed by atoms with Crippen molar-refractivity contribution < 1.29 is 27.8 Å². The van der Waals surface area contributed by atoms with Crippen molar-refractivity contribution in [1.29, 1.82) is 0 Å². The van der Waals surface area contributed by atoms with E-state index in [9.17, 15) is 18.4 Å². The number of carbonyl (C=O) groups excluding carboxylic acids is 2. The summed E-state index contributed by atoms with van der Waals surface area (Å²) in [6.45, 7) is 0.184. The molecule has 0 atom stereocenters. The summed E-state index contributed by atoms with van der Waals surface area (Å²) in [6, 6.07) is 9.37. The molecule has 0 unspecified atom stereocenters. The molecule has 0 heterocycles. The van der Waals surface area contributed by atoms with Gasteiger partial charge in [-0.3, -0.25) is 9.59 Å². The molecule has 8 heteroatoms. The molecule has 25 heavy (non-hydrogen) atoms. The normalized spacial score (nSPS) is 10.0. The predicted molar refractivity (Wildman–Crippen MR) is 86.5 cm³/mol. The Balaban J connectivity index is 1.75. The molecule has 0 aliphatic carbocycles. The first-order chi connectivity index (χ1) is 12.0. The van der Waals surface area contributed by atoms with Crippen molar-refractivity contribution in [2.75, 3.05) is 25.6 Å². The number of ether oxygens (including phenoxy) is 2. The maximum Gasteiger partial charge on any atom is 0.313 e. The molecule has 0 radical (unpaired) electrons. The number of carbonyl (C=O) groups is 2. The summed E-state index contributed by atoms with van der Waals surface area (Å²) in [4.78, 5) is 23.3. The van der Waals surface area contributed by atoms with Crippen molar-refractivity contribution in [3.8, 4) is 11.5 Å². The van der Waals surface area contributed by atoms with Gasteiger partial charge in [0.2, 0.25) is 0 Å². The van der Waals surface area contributed by atoms with Gasteiger partial charge in [0, 0.05) is 6.07 Å². The highest BCUT2D eigenvalue weighted by molar-refractivity contribution is 6.39. The number of anilines is 1. The molecule has 2 N–H and O–H groups in total. The van der Waals surface area contributed by atoms with Crippen molar-refractivity contribution in [1.82, 2.24) is 5.32 Å². The maximum atomic E-state index is 13.4. The van der Waals surface area contributed by atoms with Crippen molar-refractivity contribution in [3.05, 3.63) is 54.1 Å². The van der Waals surface area contributed by atoms with Crippen LogP contribution in [0.1, 0.15) is 0 Å². The predicted octanol–water partition coefficient (Wildman–Crippen LogP) is 2.11.